The summed E-state index contributed by atoms with van der Waals surface area (Å²) in [5.74, 6) is 3.84. The Morgan fingerprint density at radius 2 is 2.35 bits per heavy atom. The smallest absolute Gasteiger partial charge is 0.255 e. The molecule has 1 saturated heterocycles. The molecular weight excluding hydrogens is 280 g/mol. The zero-order chi connectivity index (χ0) is 14.7. The zero-order valence-electron chi connectivity index (χ0n) is 10.7. The van der Waals surface area contributed by atoms with Gasteiger partial charge >= 0.3 is 0 Å². The summed E-state index contributed by atoms with van der Waals surface area (Å²) in [7, 11) is 0. The van der Waals surface area contributed by atoms with Crippen molar-refractivity contribution in [3.63, 3.8) is 0 Å². The van der Waals surface area contributed by atoms with Gasteiger partial charge in [-0.2, -0.15) is 0 Å². The summed E-state index contributed by atoms with van der Waals surface area (Å²) in [5, 5.41) is 12.4. The average Bonchev–Trinajstić information content (AvgIpc) is 2.88. The molecule has 6 nitrogen and oxygen atoms in total. The van der Waals surface area contributed by atoms with Gasteiger partial charge in [0, 0.05) is 5.38 Å². The van der Waals surface area contributed by atoms with Crippen LogP contribution in [0.1, 0.15) is 22.2 Å². The van der Waals surface area contributed by atoms with Crippen molar-refractivity contribution in [1.82, 2.24) is 10.2 Å². The fourth-order valence-electron chi connectivity index (χ4n) is 1.77. The first-order chi connectivity index (χ1) is 9.52. The third kappa shape index (κ3) is 2.87. The number of hydrogen-bond acceptors (Lipinski definition) is 5. The monoisotopic (exact) mass is 292 g/mol. The highest BCUT2D eigenvalue weighted by Crippen LogP contribution is 2.17. The molecule has 0 bridgehead atoms. The highest BCUT2D eigenvalue weighted by molar-refractivity contribution is 7.10. The second kappa shape index (κ2) is 5.86. The van der Waals surface area contributed by atoms with E-state index in [1.807, 2.05) is 0 Å². The number of nitrogens with one attached hydrogen (secondary N) is 1. The summed E-state index contributed by atoms with van der Waals surface area (Å²) >= 11 is 1.27. The van der Waals surface area contributed by atoms with Crippen LogP contribution in [0.15, 0.2) is 11.4 Å². The maximum Gasteiger partial charge on any atom is 0.255 e. The minimum Gasteiger partial charge on any atom is -0.384 e. The van der Waals surface area contributed by atoms with Crippen molar-refractivity contribution in [2.24, 2.45) is 0 Å². The lowest BCUT2D eigenvalue weighted by molar-refractivity contribution is -0.138. The average molecular weight is 292 g/mol. The molecule has 3 amide bonds. The Morgan fingerprint density at radius 3 is 3.05 bits per heavy atom. The summed E-state index contributed by atoms with van der Waals surface area (Å²) in [6.45, 7) is 1.18. The molecule has 0 spiro atoms. The van der Waals surface area contributed by atoms with Crippen LogP contribution in [0.25, 0.3) is 0 Å². The second-order valence-corrected chi connectivity index (χ2v) is 5.09. The van der Waals surface area contributed by atoms with Gasteiger partial charge in [-0.1, -0.05) is 11.8 Å². The number of aliphatic hydroxyl groups is 1. The van der Waals surface area contributed by atoms with Crippen molar-refractivity contribution in [2.75, 3.05) is 13.2 Å². The van der Waals surface area contributed by atoms with E-state index in [-0.39, 0.29) is 19.1 Å². The van der Waals surface area contributed by atoms with Crippen molar-refractivity contribution in [3.05, 3.63) is 21.9 Å². The molecule has 104 valence electrons. The quantitative estimate of drug-likeness (QED) is 0.543. The zero-order valence-corrected chi connectivity index (χ0v) is 11.5. The van der Waals surface area contributed by atoms with Crippen molar-refractivity contribution in [3.8, 4) is 11.8 Å². The first-order valence-corrected chi connectivity index (χ1v) is 6.74. The Labute approximate surface area is 119 Å². The largest absolute Gasteiger partial charge is 0.384 e. The van der Waals surface area contributed by atoms with E-state index in [2.05, 4.69) is 17.2 Å². The molecule has 1 aliphatic rings. The van der Waals surface area contributed by atoms with Gasteiger partial charge in [0.1, 0.15) is 19.2 Å². The van der Waals surface area contributed by atoms with Crippen LogP contribution in [0.4, 0.5) is 0 Å². The lowest BCUT2D eigenvalue weighted by Gasteiger charge is -2.31. The van der Waals surface area contributed by atoms with E-state index in [1.54, 1.807) is 18.4 Å². The Bertz CT molecular complexity index is 626. The third-order valence-corrected chi connectivity index (χ3v) is 3.67. The Kier molecular flexibility index (Phi) is 4.17. The van der Waals surface area contributed by atoms with Crippen molar-refractivity contribution < 1.29 is 19.5 Å². The maximum absolute atomic E-state index is 12.3. The number of thiophene rings is 1. The van der Waals surface area contributed by atoms with Crippen LogP contribution in [0.2, 0.25) is 0 Å². The van der Waals surface area contributed by atoms with E-state index in [4.69, 9.17) is 5.11 Å². The van der Waals surface area contributed by atoms with Crippen LogP contribution in [-0.4, -0.2) is 46.9 Å². The van der Waals surface area contributed by atoms with E-state index in [0.29, 0.717) is 10.4 Å². The first kappa shape index (κ1) is 14.2. The van der Waals surface area contributed by atoms with E-state index in [1.165, 1.54) is 16.2 Å². The number of carbonyl (C=O) groups is 3. The molecule has 20 heavy (non-hydrogen) atoms. The first-order valence-electron chi connectivity index (χ1n) is 5.86. The summed E-state index contributed by atoms with van der Waals surface area (Å²) in [6.07, 6.45) is 0. The van der Waals surface area contributed by atoms with Gasteiger partial charge in [-0.3, -0.25) is 19.7 Å². The van der Waals surface area contributed by atoms with Crippen molar-refractivity contribution in [2.45, 2.75) is 13.0 Å². The number of hydrogen-bond donors (Lipinski definition) is 2. The molecule has 1 aromatic rings. The summed E-state index contributed by atoms with van der Waals surface area (Å²) < 4.78 is 0. The lowest BCUT2D eigenvalue weighted by atomic mass is 10.1. The number of nitrogens with zero attached hydrogens (tertiary/aromatic N) is 1. The summed E-state index contributed by atoms with van der Waals surface area (Å²) in [5.41, 5.74) is 0.381. The van der Waals surface area contributed by atoms with Gasteiger partial charge in [0.15, 0.2) is 0 Å². The number of carbonyl (C=O) groups excluding carboxylic acids is 3. The molecule has 1 aliphatic heterocycles. The van der Waals surface area contributed by atoms with E-state index in [9.17, 15) is 14.4 Å². The van der Waals surface area contributed by atoms with Gasteiger partial charge in [-0.15, -0.1) is 11.3 Å². The van der Waals surface area contributed by atoms with Crippen LogP contribution in [0.3, 0.4) is 0 Å². The normalized spacial score (nSPS) is 18.3. The fraction of sp³-hybridized carbons (Fsp3) is 0.308. The topological polar surface area (TPSA) is 86.7 Å². The Balaban J connectivity index is 2.20. The highest BCUT2D eigenvalue weighted by Gasteiger charge is 2.34. The highest BCUT2D eigenvalue weighted by atomic mass is 32.1. The van der Waals surface area contributed by atoms with E-state index in [0.717, 1.165) is 0 Å². The van der Waals surface area contributed by atoms with Crippen LogP contribution >= 0.6 is 11.3 Å². The summed E-state index contributed by atoms with van der Waals surface area (Å²) in [4.78, 5) is 37.0. The predicted molar refractivity (Wildman–Crippen MR) is 71.9 cm³/mol. The number of amides is 3. The molecule has 0 aromatic carbocycles. The van der Waals surface area contributed by atoms with Gasteiger partial charge in [0.2, 0.25) is 11.8 Å². The molecule has 1 unspecified atom stereocenters. The SMILES string of the molecule is CC1C(=O)NC(=O)CN1C(=O)c1csc(C#CCO)c1. The van der Waals surface area contributed by atoms with Crippen molar-refractivity contribution in [1.29, 1.82) is 0 Å². The van der Waals surface area contributed by atoms with Crippen LogP contribution in [0.5, 0.6) is 0 Å². The molecule has 2 heterocycles. The maximum atomic E-state index is 12.3. The molecule has 2 N–H and O–H groups in total. The second-order valence-electron chi connectivity index (χ2n) is 4.18. The molecule has 0 aliphatic carbocycles. The summed E-state index contributed by atoms with van der Waals surface area (Å²) in [6, 6.07) is 0.895. The lowest BCUT2D eigenvalue weighted by Crippen LogP contribution is -2.58. The minimum absolute atomic E-state index is 0.140. The molecule has 1 aromatic heterocycles. The molecule has 7 heteroatoms. The third-order valence-electron chi connectivity index (χ3n) is 2.82. The van der Waals surface area contributed by atoms with Crippen molar-refractivity contribution >= 4 is 29.1 Å². The van der Waals surface area contributed by atoms with E-state index < -0.39 is 17.9 Å². The number of aliphatic hydroxyl groups excluding tert-OH is 1. The number of piperazine rings is 1. The van der Waals surface area contributed by atoms with Gasteiger partial charge in [-0.05, 0) is 13.0 Å². The fourth-order valence-corrected chi connectivity index (χ4v) is 2.52. The van der Waals surface area contributed by atoms with Gasteiger partial charge < -0.3 is 10.0 Å². The molecule has 2 rings (SSSR count). The predicted octanol–water partition coefficient (Wildman–Crippen LogP) is -0.421. The van der Waals surface area contributed by atoms with Gasteiger partial charge in [0.05, 0.1) is 10.4 Å². The van der Waals surface area contributed by atoms with E-state index >= 15 is 0 Å². The Hall–Kier alpha value is -2.17. The molecule has 0 saturated carbocycles. The number of rotatable bonds is 1. The molecule has 1 fully saturated rings. The van der Waals surface area contributed by atoms with Crippen LogP contribution in [-0.2, 0) is 9.59 Å². The standard InChI is InChI=1S/C13H12N2O4S/c1-8-12(18)14-11(17)6-15(8)13(19)9-5-10(20-7-9)3-2-4-16/h5,7-8,16H,4,6H2,1H3,(H,14,17,18). The van der Waals surface area contributed by atoms with Gasteiger partial charge in [-0.25, -0.2) is 0 Å². The number of imide groups is 1. The van der Waals surface area contributed by atoms with Crippen LogP contribution < -0.4 is 5.32 Å². The molecule has 0 radical (unpaired) electrons. The minimum atomic E-state index is -0.688. The molecular formula is C13H12N2O4S. The Morgan fingerprint density at radius 1 is 1.60 bits per heavy atom. The van der Waals surface area contributed by atoms with Gasteiger partial charge in [0.25, 0.3) is 5.91 Å². The van der Waals surface area contributed by atoms with Crippen LogP contribution in [0, 0.1) is 11.8 Å². The molecule has 1 atom stereocenters.